The first-order valence-electron chi connectivity index (χ1n) is 13.3. The van der Waals surface area contributed by atoms with E-state index in [0.717, 1.165) is 35.6 Å². The first kappa shape index (κ1) is 27.9. The summed E-state index contributed by atoms with van der Waals surface area (Å²) in [6, 6.07) is 9.99. The van der Waals surface area contributed by atoms with Gasteiger partial charge in [0.1, 0.15) is 5.82 Å². The van der Waals surface area contributed by atoms with Crippen molar-refractivity contribution in [3.8, 4) is 21.8 Å². The summed E-state index contributed by atoms with van der Waals surface area (Å²) >= 11 is 1.64. The number of pyridine rings is 1. The number of aliphatic hydroxyl groups is 1. The predicted molar refractivity (Wildman–Crippen MR) is 155 cm³/mol. The molecule has 4 aromatic rings. The Morgan fingerprint density at radius 1 is 1.18 bits per heavy atom. The summed E-state index contributed by atoms with van der Waals surface area (Å²) in [5, 5.41) is 20.0. The lowest BCUT2D eigenvalue weighted by atomic mass is 10.0. The normalized spacial score (nSPS) is 12.8. The average molecular weight is 535 g/mol. The van der Waals surface area contributed by atoms with Gasteiger partial charge >= 0.3 is 0 Å². The van der Waals surface area contributed by atoms with Gasteiger partial charge in [0.05, 0.1) is 33.6 Å². The first-order chi connectivity index (χ1) is 18.2. The van der Waals surface area contributed by atoms with E-state index >= 15 is 0 Å². The molecule has 0 bridgehead atoms. The maximum absolute atomic E-state index is 13.4. The van der Waals surface area contributed by atoms with Crippen molar-refractivity contribution >= 4 is 28.6 Å². The van der Waals surface area contributed by atoms with Crippen LogP contribution < -0.4 is 5.32 Å². The topological polar surface area (TPSA) is 95.7 Å². The summed E-state index contributed by atoms with van der Waals surface area (Å²) < 4.78 is 1.73. The van der Waals surface area contributed by atoms with Crippen LogP contribution in [0.4, 0.5) is 5.82 Å². The van der Waals surface area contributed by atoms with E-state index in [1.54, 1.807) is 35.9 Å². The Morgan fingerprint density at radius 3 is 2.66 bits per heavy atom. The third-order valence-electron chi connectivity index (χ3n) is 6.83. The van der Waals surface area contributed by atoms with Crippen LogP contribution in [-0.2, 0) is 0 Å². The van der Waals surface area contributed by atoms with Crippen LogP contribution in [0.15, 0.2) is 48.1 Å². The zero-order valence-corrected chi connectivity index (χ0v) is 23.8. The number of anilines is 1. The number of hydrogen-bond donors (Lipinski definition) is 2. The molecule has 0 aromatic carbocycles. The molecule has 0 aliphatic rings. The number of Topliss-reactive ketones (excluding diaryl/α,β-unsaturated/α-hetero) is 1. The highest BCUT2D eigenvalue weighted by Gasteiger charge is 2.19. The smallest absolute Gasteiger partial charge is 0.165 e. The van der Waals surface area contributed by atoms with Gasteiger partial charge in [-0.2, -0.15) is 5.10 Å². The quantitative estimate of drug-likeness (QED) is 0.210. The molecule has 0 saturated carbocycles. The van der Waals surface area contributed by atoms with E-state index in [-0.39, 0.29) is 5.78 Å². The molecule has 1 atom stereocenters. The van der Waals surface area contributed by atoms with E-state index in [1.807, 2.05) is 41.9 Å². The monoisotopic (exact) mass is 534 g/mol. The molecule has 4 heterocycles. The first-order valence-corrected chi connectivity index (χ1v) is 14.2. The Balaban J connectivity index is 1.67. The second-order valence-corrected chi connectivity index (χ2v) is 11.2. The minimum atomic E-state index is -0.797. The number of rotatable bonds is 13. The Morgan fingerprint density at radius 2 is 1.97 bits per heavy atom. The number of carbonyl (C=O) groups is 1. The fourth-order valence-electron chi connectivity index (χ4n) is 4.54. The Labute approximate surface area is 228 Å². The van der Waals surface area contributed by atoms with Crippen molar-refractivity contribution in [2.24, 2.45) is 0 Å². The van der Waals surface area contributed by atoms with Crippen molar-refractivity contribution in [2.45, 2.75) is 65.5 Å². The third-order valence-corrected chi connectivity index (χ3v) is 7.73. The lowest BCUT2D eigenvalue weighted by Crippen LogP contribution is -2.33. The van der Waals surface area contributed by atoms with Gasteiger partial charge in [-0.25, -0.2) is 14.5 Å². The molecule has 202 valence electrons. The standard InChI is InChI=1S/C29H38N6O2S/c1-6-34(7-2)20(3)10-11-25(36)21-17-24(32-27(18-21)30-14-13-29(4,5)37)22-19-31-35-15-12-23(33-28(22)35)26-9-8-16-38-26/h8-9,12,15-20,37H,6-7,10-11,13-14H2,1-5H3,(H,30,32)/t20-/m0/s1. The van der Waals surface area contributed by atoms with Crippen LogP contribution in [0.2, 0.25) is 0 Å². The maximum atomic E-state index is 13.4. The highest BCUT2D eigenvalue weighted by Crippen LogP contribution is 2.29. The summed E-state index contributed by atoms with van der Waals surface area (Å²) in [4.78, 5) is 26.5. The highest BCUT2D eigenvalue weighted by atomic mass is 32.1. The second-order valence-electron chi connectivity index (χ2n) is 10.3. The largest absolute Gasteiger partial charge is 0.390 e. The minimum absolute atomic E-state index is 0.0851. The second kappa shape index (κ2) is 12.1. The fraction of sp³-hybridized carbons (Fsp3) is 0.448. The number of nitrogens with one attached hydrogen (secondary N) is 1. The molecule has 0 spiro atoms. The van der Waals surface area contributed by atoms with E-state index in [1.165, 1.54) is 0 Å². The van der Waals surface area contributed by atoms with E-state index < -0.39 is 5.60 Å². The average Bonchev–Trinajstić information content (AvgIpc) is 3.57. The van der Waals surface area contributed by atoms with Crippen molar-refractivity contribution in [1.82, 2.24) is 24.5 Å². The lowest BCUT2D eigenvalue weighted by molar-refractivity contribution is 0.0748. The Bertz CT molecular complexity index is 1360. The van der Waals surface area contributed by atoms with Crippen molar-refractivity contribution in [1.29, 1.82) is 0 Å². The molecule has 0 unspecified atom stereocenters. The van der Waals surface area contributed by atoms with E-state index in [9.17, 15) is 9.90 Å². The van der Waals surface area contributed by atoms with Crippen molar-refractivity contribution < 1.29 is 9.90 Å². The molecule has 38 heavy (non-hydrogen) atoms. The third kappa shape index (κ3) is 6.83. The van der Waals surface area contributed by atoms with Gasteiger partial charge in [0.15, 0.2) is 11.4 Å². The minimum Gasteiger partial charge on any atom is -0.390 e. The zero-order chi connectivity index (χ0) is 27.3. The number of hydrogen-bond acceptors (Lipinski definition) is 8. The number of aromatic nitrogens is 4. The van der Waals surface area contributed by atoms with Crippen molar-refractivity contribution in [2.75, 3.05) is 25.0 Å². The molecule has 8 nitrogen and oxygen atoms in total. The van der Waals surface area contributed by atoms with Crippen molar-refractivity contribution in [3.05, 3.63) is 53.7 Å². The number of nitrogens with zero attached hydrogens (tertiary/aromatic N) is 5. The molecule has 0 aliphatic carbocycles. The highest BCUT2D eigenvalue weighted by molar-refractivity contribution is 7.13. The lowest BCUT2D eigenvalue weighted by Gasteiger charge is -2.26. The van der Waals surface area contributed by atoms with Crippen LogP contribution in [0.1, 0.15) is 64.2 Å². The summed E-state index contributed by atoms with van der Waals surface area (Å²) in [6.45, 7) is 12.5. The van der Waals surface area contributed by atoms with Crippen LogP contribution in [0.3, 0.4) is 0 Å². The SMILES string of the molecule is CCN(CC)[C@@H](C)CCC(=O)c1cc(NCCC(C)(C)O)nc(-c2cnn3ccc(-c4cccs4)nc23)c1. The van der Waals surface area contributed by atoms with Gasteiger partial charge in [0.2, 0.25) is 0 Å². The molecule has 0 radical (unpaired) electrons. The number of carbonyl (C=O) groups excluding carboxylic acids is 1. The van der Waals surface area contributed by atoms with Crippen LogP contribution in [0.5, 0.6) is 0 Å². The molecule has 2 N–H and O–H groups in total. The van der Waals surface area contributed by atoms with Crippen molar-refractivity contribution in [3.63, 3.8) is 0 Å². The summed E-state index contributed by atoms with van der Waals surface area (Å²) in [7, 11) is 0. The fourth-order valence-corrected chi connectivity index (χ4v) is 5.24. The van der Waals surface area contributed by atoms with E-state index in [2.05, 4.69) is 36.1 Å². The molecular weight excluding hydrogens is 496 g/mol. The number of ketones is 1. The number of thiophene rings is 1. The van der Waals surface area contributed by atoms with Crippen LogP contribution in [-0.4, -0.2) is 66.6 Å². The molecule has 0 saturated heterocycles. The van der Waals surface area contributed by atoms with Gasteiger partial charge in [0.25, 0.3) is 0 Å². The van der Waals surface area contributed by atoms with Gasteiger partial charge in [-0.1, -0.05) is 19.9 Å². The Kier molecular flexibility index (Phi) is 8.91. The van der Waals surface area contributed by atoms with Crippen LogP contribution >= 0.6 is 11.3 Å². The molecule has 0 fully saturated rings. The van der Waals surface area contributed by atoms with E-state index in [0.29, 0.717) is 48.2 Å². The van der Waals surface area contributed by atoms with Gasteiger partial charge in [0, 0.05) is 30.8 Å². The molecule has 4 rings (SSSR count). The Hall–Kier alpha value is -3.14. The zero-order valence-electron chi connectivity index (χ0n) is 22.9. The maximum Gasteiger partial charge on any atom is 0.165 e. The molecule has 4 aromatic heterocycles. The van der Waals surface area contributed by atoms with Crippen LogP contribution in [0, 0.1) is 0 Å². The van der Waals surface area contributed by atoms with Gasteiger partial charge < -0.3 is 15.3 Å². The molecule has 0 amide bonds. The molecular formula is C29H38N6O2S. The molecule has 0 aliphatic heterocycles. The molecule has 9 heteroatoms. The van der Waals surface area contributed by atoms with E-state index in [4.69, 9.17) is 9.97 Å². The van der Waals surface area contributed by atoms with Crippen LogP contribution in [0.25, 0.3) is 27.5 Å². The number of fused-ring (bicyclic) bond motifs is 1. The summed E-state index contributed by atoms with van der Waals surface area (Å²) in [6.07, 6.45) is 5.45. The summed E-state index contributed by atoms with van der Waals surface area (Å²) in [5.41, 5.74) is 2.78. The van der Waals surface area contributed by atoms with Gasteiger partial charge in [-0.3, -0.25) is 4.79 Å². The summed E-state index contributed by atoms with van der Waals surface area (Å²) in [5.74, 6) is 0.683. The van der Waals surface area contributed by atoms with Gasteiger partial charge in [-0.05, 0) is 76.3 Å². The predicted octanol–water partition coefficient (Wildman–Crippen LogP) is 5.79. The van der Waals surface area contributed by atoms with Gasteiger partial charge in [-0.15, -0.1) is 11.3 Å².